The van der Waals surface area contributed by atoms with Gasteiger partial charge in [-0.3, -0.25) is 4.79 Å². The van der Waals surface area contributed by atoms with Crippen molar-refractivity contribution in [2.24, 2.45) is 0 Å². The second-order valence-electron chi connectivity index (χ2n) is 6.02. The Kier molecular flexibility index (Phi) is 7.22. The molecule has 0 aromatic heterocycles. The molecule has 0 spiro atoms. The summed E-state index contributed by atoms with van der Waals surface area (Å²) in [5, 5.41) is 1.70. The SMILES string of the molecule is COc1ccc(OC)c(S(=O)(=O)N(C)CC(=O)Nc2ccc(Cl)c(C(F)(F)F)c2)c1. The van der Waals surface area contributed by atoms with Gasteiger partial charge in [0.25, 0.3) is 0 Å². The minimum Gasteiger partial charge on any atom is -0.497 e. The van der Waals surface area contributed by atoms with Gasteiger partial charge in [0.05, 0.1) is 31.4 Å². The third-order valence-electron chi connectivity index (χ3n) is 3.98. The molecule has 0 radical (unpaired) electrons. The van der Waals surface area contributed by atoms with E-state index in [0.29, 0.717) is 6.07 Å². The van der Waals surface area contributed by atoms with E-state index in [4.69, 9.17) is 21.1 Å². The Balaban J connectivity index is 2.22. The maximum absolute atomic E-state index is 12.9. The highest BCUT2D eigenvalue weighted by molar-refractivity contribution is 7.89. The van der Waals surface area contributed by atoms with E-state index >= 15 is 0 Å². The zero-order valence-electron chi connectivity index (χ0n) is 16.1. The molecule has 2 aromatic rings. The second kappa shape index (κ2) is 9.11. The van der Waals surface area contributed by atoms with Crippen LogP contribution in [0.3, 0.4) is 0 Å². The van der Waals surface area contributed by atoms with Crippen LogP contribution in [0.25, 0.3) is 0 Å². The summed E-state index contributed by atoms with van der Waals surface area (Å²) < 4.78 is 75.3. The standard InChI is InChI=1S/C18H18ClF3N2O5S/c1-24(30(26,27)16-9-12(28-2)5-7-15(16)29-3)10-17(25)23-11-4-6-14(19)13(8-11)18(20,21)22/h4-9H,10H2,1-3H3,(H,23,25). The lowest BCUT2D eigenvalue weighted by Gasteiger charge is -2.19. The lowest BCUT2D eigenvalue weighted by Crippen LogP contribution is -2.35. The first-order chi connectivity index (χ1) is 13.9. The monoisotopic (exact) mass is 466 g/mol. The maximum atomic E-state index is 12.9. The Morgan fingerprint density at radius 2 is 1.80 bits per heavy atom. The van der Waals surface area contributed by atoms with Crippen molar-refractivity contribution in [1.82, 2.24) is 4.31 Å². The minimum absolute atomic E-state index is 0.0376. The number of nitrogens with zero attached hydrogens (tertiary/aromatic N) is 1. The maximum Gasteiger partial charge on any atom is 0.417 e. The molecule has 0 aliphatic carbocycles. The van der Waals surface area contributed by atoms with Gasteiger partial charge in [-0.25, -0.2) is 8.42 Å². The fourth-order valence-electron chi connectivity index (χ4n) is 2.46. The first-order valence-corrected chi connectivity index (χ1v) is 10.1. The molecule has 30 heavy (non-hydrogen) atoms. The van der Waals surface area contributed by atoms with Crippen LogP contribution in [0.1, 0.15) is 5.56 Å². The molecule has 0 fully saturated rings. The summed E-state index contributed by atoms with van der Waals surface area (Å²) in [6, 6.07) is 6.96. The van der Waals surface area contributed by atoms with Crippen molar-refractivity contribution in [2.45, 2.75) is 11.1 Å². The summed E-state index contributed by atoms with van der Waals surface area (Å²) in [6.07, 6.45) is -4.71. The summed E-state index contributed by atoms with van der Waals surface area (Å²) in [5.74, 6) is -0.554. The van der Waals surface area contributed by atoms with Gasteiger partial charge < -0.3 is 14.8 Å². The Morgan fingerprint density at radius 3 is 2.37 bits per heavy atom. The molecule has 12 heteroatoms. The average molecular weight is 467 g/mol. The average Bonchev–Trinajstić information content (AvgIpc) is 2.67. The zero-order valence-corrected chi connectivity index (χ0v) is 17.7. The molecule has 1 N–H and O–H groups in total. The highest BCUT2D eigenvalue weighted by Crippen LogP contribution is 2.36. The third kappa shape index (κ3) is 5.35. The Labute approximate surface area is 176 Å². The van der Waals surface area contributed by atoms with Gasteiger partial charge in [-0.1, -0.05) is 11.6 Å². The van der Waals surface area contributed by atoms with Gasteiger partial charge >= 0.3 is 6.18 Å². The summed E-state index contributed by atoms with van der Waals surface area (Å²) >= 11 is 5.54. The van der Waals surface area contributed by atoms with Gasteiger partial charge in [0.2, 0.25) is 15.9 Å². The number of carbonyl (C=O) groups excluding carboxylic acids is 1. The lowest BCUT2D eigenvalue weighted by molar-refractivity contribution is -0.137. The molecule has 0 saturated heterocycles. The number of hydrogen-bond acceptors (Lipinski definition) is 5. The van der Waals surface area contributed by atoms with E-state index in [1.807, 2.05) is 0 Å². The van der Waals surface area contributed by atoms with Gasteiger partial charge in [0.1, 0.15) is 16.4 Å². The molecule has 2 aromatic carbocycles. The fourth-order valence-corrected chi connectivity index (χ4v) is 3.98. The van der Waals surface area contributed by atoms with E-state index in [2.05, 4.69) is 5.32 Å². The van der Waals surface area contributed by atoms with Crippen LogP contribution in [0.15, 0.2) is 41.3 Å². The van der Waals surface area contributed by atoms with Crippen molar-refractivity contribution in [3.8, 4) is 11.5 Å². The first kappa shape index (κ1) is 23.8. The summed E-state index contributed by atoms with van der Waals surface area (Å²) in [6.45, 7) is -0.660. The number of ether oxygens (including phenoxy) is 2. The summed E-state index contributed by atoms with van der Waals surface area (Å²) in [5.41, 5.74) is -1.30. The van der Waals surface area contributed by atoms with Crippen molar-refractivity contribution in [3.63, 3.8) is 0 Å². The number of alkyl halides is 3. The quantitative estimate of drug-likeness (QED) is 0.673. The summed E-state index contributed by atoms with van der Waals surface area (Å²) in [7, 11) is -0.382. The van der Waals surface area contributed by atoms with E-state index in [-0.39, 0.29) is 22.1 Å². The molecule has 0 bridgehead atoms. The van der Waals surface area contributed by atoms with E-state index in [9.17, 15) is 26.4 Å². The number of rotatable bonds is 7. The van der Waals surface area contributed by atoms with Crippen molar-refractivity contribution >= 4 is 33.2 Å². The predicted molar refractivity (Wildman–Crippen MR) is 104 cm³/mol. The largest absolute Gasteiger partial charge is 0.497 e. The molecule has 1 amide bonds. The minimum atomic E-state index is -4.71. The van der Waals surface area contributed by atoms with Crippen LogP contribution in [0.4, 0.5) is 18.9 Å². The van der Waals surface area contributed by atoms with Gasteiger partial charge in [0.15, 0.2) is 0 Å². The number of methoxy groups -OCH3 is 2. The van der Waals surface area contributed by atoms with Crippen molar-refractivity contribution in [3.05, 3.63) is 47.0 Å². The first-order valence-electron chi connectivity index (χ1n) is 8.25. The van der Waals surface area contributed by atoms with Crippen molar-refractivity contribution in [1.29, 1.82) is 0 Å². The van der Waals surface area contributed by atoms with Crippen LogP contribution in [0.2, 0.25) is 5.02 Å². The second-order valence-corrected chi connectivity index (χ2v) is 8.44. The van der Waals surface area contributed by atoms with E-state index in [1.165, 1.54) is 38.5 Å². The van der Waals surface area contributed by atoms with Crippen LogP contribution < -0.4 is 14.8 Å². The molecule has 7 nitrogen and oxygen atoms in total. The number of likely N-dealkylation sites (N-methyl/N-ethyl adjacent to an activating group) is 1. The number of nitrogens with one attached hydrogen (secondary N) is 1. The predicted octanol–water partition coefficient (Wildman–Crippen LogP) is 3.64. The van der Waals surface area contributed by atoms with Gasteiger partial charge in [-0.05, 0) is 30.3 Å². The molecule has 0 aliphatic rings. The molecule has 2 rings (SSSR count). The normalized spacial score (nSPS) is 12.0. The number of benzene rings is 2. The van der Waals surface area contributed by atoms with Crippen LogP contribution >= 0.6 is 11.6 Å². The van der Waals surface area contributed by atoms with Crippen LogP contribution in [-0.4, -0.2) is 46.4 Å². The molecular weight excluding hydrogens is 449 g/mol. The number of sulfonamides is 1. The molecule has 0 heterocycles. The number of hydrogen-bond donors (Lipinski definition) is 1. The number of carbonyl (C=O) groups is 1. The highest BCUT2D eigenvalue weighted by atomic mass is 35.5. The molecule has 0 atom stereocenters. The Bertz CT molecular complexity index is 1040. The zero-order chi connectivity index (χ0) is 22.7. The molecule has 164 valence electrons. The molecular formula is C18H18ClF3N2O5S. The van der Waals surface area contributed by atoms with E-state index in [1.54, 1.807) is 0 Å². The van der Waals surface area contributed by atoms with Crippen molar-refractivity contribution in [2.75, 3.05) is 33.1 Å². The molecule has 0 unspecified atom stereocenters. The summed E-state index contributed by atoms with van der Waals surface area (Å²) in [4.78, 5) is 12.0. The number of amides is 1. The topological polar surface area (TPSA) is 84.9 Å². The van der Waals surface area contributed by atoms with Gasteiger partial charge in [-0.15, -0.1) is 0 Å². The van der Waals surface area contributed by atoms with Crippen LogP contribution in [-0.2, 0) is 21.0 Å². The number of anilines is 1. The highest BCUT2D eigenvalue weighted by Gasteiger charge is 2.33. The Hall–Kier alpha value is -2.50. The van der Waals surface area contributed by atoms with Gasteiger partial charge in [0, 0.05) is 18.8 Å². The Morgan fingerprint density at radius 1 is 1.13 bits per heavy atom. The van der Waals surface area contributed by atoms with Crippen LogP contribution in [0.5, 0.6) is 11.5 Å². The molecule has 0 saturated carbocycles. The van der Waals surface area contributed by atoms with E-state index in [0.717, 1.165) is 17.4 Å². The van der Waals surface area contributed by atoms with E-state index < -0.39 is 39.2 Å². The number of halogens is 4. The third-order valence-corrected chi connectivity index (χ3v) is 6.13. The lowest BCUT2D eigenvalue weighted by atomic mass is 10.2. The fraction of sp³-hybridized carbons (Fsp3) is 0.278. The van der Waals surface area contributed by atoms with Crippen LogP contribution in [0, 0.1) is 0 Å². The molecule has 0 aliphatic heterocycles. The van der Waals surface area contributed by atoms with Gasteiger partial charge in [-0.2, -0.15) is 17.5 Å². The smallest absolute Gasteiger partial charge is 0.417 e. The van der Waals surface area contributed by atoms with Crippen molar-refractivity contribution < 1.29 is 35.9 Å².